The lowest BCUT2D eigenvalue weighted by Crippen LogP contribution is -2.53. The minimum absolute atomic E-state index is 0.00528. The van der Waals surface area contributed by atoms with Crippen LogP contribution in [0, 0.1) is 0 Å². The maximum atomic E-state index is 13.7. The first-order valence-electron chi connectivity index (χ1n) is 11.3. The predicted molar refractivity (Wildman–Crippen MR) is 126 cm³/mol. The van der Waals surface area contributed by atoms with E-state index in [-0.39, 0.29) is 23.9 Å². The van der Waals surface area contributed by atoms with Crippen LogP contribution in [0.5, 0.6) is 5.75 Å². The second-order valence-electron chi connectivity index (χ2n) is 9.31. The number of anilines is 1. The zero-order chi connectivity index (χ0) is 22.8. The molecule has 6 nitrogen and oxygen atoms in total. The van der Waals surface area contributed by atoms with E-state index in [1.165, 1.54) is 6.42 Å². The first-order valence-corrected chi connectivity index (χ1v) is 12.1. The van der Waals surface area contributed by atoms with Crippen molar-refractivity contribution in [1.29, 1.82) is 0 Å². The number of rotatable bonds is 7. The average Bonchev–Trinajstić information content (AvgIpc) is 2.71. The lowest BCUT2D eigenvalue weighted by atomic mass is 9.92. The average molecular weight is 495 g/mol. The summed E-state index contributed by atoms with van der Waals surface area (Å²) in [5.74, 6) is 0.509. The Bertz CT molecular complexity index is 818. The highest BCUT2D eigenvalue weighted by Crippen LogP contribution is 2.42. The van der Waals surface area contributed by atoms with Gasteiger partial charge in [-0.3, -0.25) is 9.59 Å². The van der Waals surface area contributed by atoms with Crippen molar-refractivity contribution in [1.82, 2.24) is 4.90 Å². The van der Waals surface area contributed by atoms with Crippen molar-refractivity contribution in [2.24, 2.45) is 0 Å². The number of hydrogen-bond acceptors (Lipinski definition) is 4. The minimum Gasteiger partial charge on any atom is -0.476 e. The van der Waals surface area contributed by atoms with Crippen molar-refractivity contribution >= 4 is 33.4 Å². The number of carbonyl (C=O) groups is 2. The normalized spacial score (nSPS) is 18.7. The van der Waals surface area contributed by atoms with E-state index in [2.05, 4.69) is 29.8 Å². The predicted octanol–water partition coefficient (Wildman–Crippen LogP) is 5.17. The standard InChI is InChI=1S/C24H35BrN2O4/c1-16(2)27(17-10-7-6-8-11-17)22(28)18-14-20-21(15-19(18)25)31-24(3,4)23(29)26(20)12-9-13-30-5/h14-17H,6-13H2,1-5H3. The van der Waals surface area contributed by atoms with Crippen LogP contribution in [0.2, 0.25) is 0 Å². The van der Waals surface area contributed by atoms with E-state index in [1.54, 1.807) is 25.9 Å². The van der Waals surface area contributed by atoms with Gasteiger partial charge >= 0.3 is 0 Å². The summed E-state index contributed by atoms with van der Waals surface area (Å²) in [7, 11) is 1.65. The number of fused-ring (bicyclic) bond motifs is 1. The molecule has 31 heavy (non-hydrogen) atoms. The molecule has 3 rings (SSSR count). The molecule has 0 radical (unpaired) electrons. The summed E-state index contributed by atoms with van der Waals surface area (Å²) < 4.78 is 11.9. The molecule has 0 atom stereocenters. The van der Waals surface area contributed by atoms with Crippen molar-refractivity contribution < 1.29 is 19.1 Å². The van der Waals surface area contributed by atoms with E-state index in [1.807, 2.05) is 17.0 Å². The fourth-order valence-electron chi connectivity index (χ4n) is 4.66. The van der Waals surface area contributed by atoms with Crippen LogP contribution in [0.25, 0.3) is 0 Å². The minimum atomic E-state index is -0.961. The molecule has 0 bridgehead atoms. The zero-order valence-electron chi connectivity index (χ0n) is 19.4. The molecule has 2 amide bonds. The van der Waals surface area contributed by atoms with Gasteiger partial charge in [-0.15, -0.1) is 0 Å². The van der Waals surface area contributed by atoms with E-state index in [9.17, 15) is 9.59 Å². The molecule has 0 N–H and O–H groups in total. The summed E-state index contributed by atoms with van der Waals surface area (Å²) in [6.45, 7) is 8.77. The van der Waals surface area contributed by atoms with Crippen molar-refractivity contribution in [2.45, 2.75) is 83.9 Å². The molecule has 1 saturated carbocycles. The van der Waals surface area contributed by atoms with Crippen LogP contribution in [0.15, 0.2) is 16.6 Å². The Morgan fingerprint density at radius 3 is 2.58 bits per heavy atom. The smallest absolute Gasteiger partial charge is 0.270 e. The molecule has 1 heterocycles. The number of carbonyl (C=O) groups excluding carboxylic acids is 2. The molecule has 0 spiro atoms. The third-order valence-electron chi connectivity index (χ3n) is 6.18. The van der Waals surface area contributed by atoms with Crippen LogP contribution in [-0.4, -0.2) is 54.7 Å². The summed E-state index contributed by atoms with van der Waals surface area (Å²) >= 11 is 3.60. The Labute approximate surface area is 194 Å². The molecule has 1 fully saturated rings. The van der Waals surface area contributed by atoms with E-state index in [4.69, 9.17) is 9.47 Å². The fourth-order valence-corrected chi connectivity index (χ4v) is 5.15. The second-order valence-corrected chi connectivity index (χ2v) is 10.2. The number of nitrogens with zero attached hydrogens (tertiary/aromatic N) is 2. The van der Waals surface area contributed by atoms with Crippen LogP contribution < -0.4 is 9.64 Å². The van der Waals surface area contributed by atoms with Gasteiger partial charge in [0.15, 0.2) is 5.60 Å². The van der Waals surface area contributed by atoms with Crippen LogP contribution >= 0.6 is 15.9 Å². The molecular weight excluding hydrogens is 460 g/mol. The van der Waals surface area contributed by atoms with Gasteiger partial charge in [0, 0.05) is 36.8 Å². The Morgan fingerprint density at radius 2 is 1.97 bits per heavy atom. The topological polar surface area (TPSA) is 59.1 Å². The molecule has 0 unspecified atom stereocenters. The number of methoxy groups -OCH3 is 1. The zero-order valence-corrected chi connectivity index (χ0v) is 21.0. The molecule has 2 aliphatic rings. The number of hydrogen-bond donors (Lipinski definition) is 0. The molecule has 0 saturated heterocycles. The maximum Gasteiger partial charge on any atom is 0.270 e. The quantitative estimate of drug-likeness (QED) is 0.490. The summed E-state index contributed by atoms with van der Waals surface area (Å²) in [6, 6.07) is 4.02. The Balaban J connectivity index is 1.99. The highest BCUT2D eigenvalue weighted by atomic mass is 79.9. The van der Waals surface area contributed by atoms with Crippen molar-refractivity contribution in [3.63, 3.8) is 0 Å². The highest BCUT2D eigenvalue weighted by Gasteiger charge is 2.41. The van der Waals surface area contributed by atoms with Gasteiger partial charge in [0.05, 0.1) is 11.3 Å². The number of benzene rings is 1. The van der Waals surface area contributed by atoms with Gasteiger partial charge in [-0.25, -0.2) is 0 Å². The first kappa shape index (κ1) is 24.1. The third-order valence-corrected chi connectivity index (χ3v) is 6.84. The molecule has 1 aromatic rings. The monoisotopic (exact) mass is 494 g/mol. The summed E-state index contributed by atoms with van der Waals surface area (Å²) in [5.41, 5.74) is 0.266. The lowest BCUT2D eigenvalue weighted by Gasteiger charge is -2.40. The van der Waals surface area contributed by atoms with Gasteiger partial charge < -0.3 is 19.3 Å². The van der Waals surface area contributed by atoms with Crippen LogP contribution in [-0.2, 0) is 9.53 Å². The molecular formula is C24H35BrN2O4. The van der Waals surface area contributed by atoms with Crippen LogP contribution in [0.3, 0.4) is 0 Å². The van der Waals surface area contributed by atoms with Gasteiger partial charge in [0.1, 0.15) is 5.75 Å². The fraction of sp³-hybridized carbons (Fsp3) is 0.667. The summed E-state index contributed by atoms with van der Waals surface area (Å²) in [5, 5.41) is 0. The summed E-state index contributed by atoms with van der Waals surface area (Å²) in [4.78, 5) is 30.6. The SMILES string of the molecule is COCCCN1C(=O)C(C)(C)Oc2cc(Br)c(C(=O)N(C(C)C)C3CCCCC3)cc21. The Hall–Kier alpha value is -1.60. The third kappa shape index (κ3) is 5.08. The first-order chi connectivity index (χ1) is 14.7. The van der Waals surface area contributed by atoms with E-state index in [0.29, 0.717) is 41.0 Å². The van der Waals surface area contributed by atoms with Gasteiger partial charge in [-0.05, 0) is 75.0 Å². The Morgan fingerprint density at radius 1 is 1.29 bits per heavy atom. The molecule has 7 heteroatoms. The molecule has 1 aromatic carbocycles. The van der Waals surface area contributed by atoms with Gasteiger partial charge in [-0.1, -0.05) is 19.3 Å². The van der Waals surface area contributed by atoms with Gasteiger partial charge in [0.2, 0.25) is 0 Å². The lowest BCUT2D eigenvalue weighted by molar-refractivity contribution is -0.132. The van der Waals surface area contributed by atoms with E-state index >= 15 is 0 Å². The number of amides is 2. The van der Waals surface area contributed by atoms with Gasteiger partial charge in [0.25, 0.3) is 11.8 Å². The largest absolute Gasteiger partial charge is 0.476 e. The molecule has 1 aliphatic carbocycles. The summed E-state index contributed by atoms with van der Waals surface area (Å²) in [6.07, 6.45) is 6.37. The molecule has 172 valence electrons. The van der Waals surface area contributed by atoms with Crippen LogP contribution in [0.1, 0.15) is 76.6 Å². The van der Waals surface area contributed by atoms with E-state index < -0.39 is 5.60 Å². The molecule has 0 aromatic heterocycles. The van der Waals surface area contributed by atoms with Crippen molar-refractivity contribution in [3.05, 3.63) is 22.2 Å². The number of ether oxygens (including phenoxy) is 2. The Kier molecular flexibility index (Phi) is 7.68. The number of halogens is 1. The van der Waals surface area contributed by atoms with Crippen molar-refractivity contribution in [3.8, 4) is 5.75 Å². The van der Waals surface area contributed by atoms with Gasteiger partial charge in [-0.2, -0.15) is 0 Å². The molecule has 1 aliphatic heterocycles. The van der Waals surface area contributed by atoms with Crippen LogP contribution in [0.4, 0.5) is 5.69 Å². The van der Waals surface area contributed by atoms with E-state index in [0.717, 1.165) is 25.7 Å². The maximum absolute atomic E-state index is 13.7. The second kappa shape index (κ2) is 9.90. The highest BCUT2D eigenvalue weighted by molar-refractivity contribution is 9.10. The van der Waals surface area contributed by atoms with Crippen molar-refractivity contribution in [2.75, 3.05) is 25.2 Å².